The lowest BCUT2D eigenvalue weighted by Crippen LogP contribution is -2.40. The zero-order chi connectivity index (χ0) is 13.2. The van der Waals surface area contributed by atoms with Crippen LogP contribution in [0.3, 0.4) is 0 Å². The molecule has 0 amide bonds. The van der Waals surface area contributed by atoms with Gasteiger partial charge >= 0.3 is 0 Å². The maximum atomic E-state index is 6.10. The zero-order valence-corrected chi connectivity index (χ0v) is 13.6. The molecule has 2 aliphatic rings. The van der Waals surface area contributed by atoms with Crippen molar-refractivity contribution in [2.75, 3.05) is 19.6 Å². The molecule has 112 valence electrons. The Morgan fingerprint density at radius 1 is 1.30 bits per heavy atom. The molecule has 1 saturated carbocycles. The molecule has 20 heavy (non-hydrogen) atoms. The van der Waals surface area contributed by atoms with E-state index in [1.54, 1.807) is 0 Å². The summed E-state index contributed by atoms with van der Waals surface area (Å²) in [7, 11) is 0. The molecule has 1 aromatic carbocycles. The van der Waals surface area contributed by atoms with Gasteiger partial charge in [-0.1, -0.05) is 30.7 Å². The standard InChI is InChI=1S/C16H23ClN2.ClH/c1-12(13-3-2-4-14(17)9-13)11-19(15-5-6-15)16-7-8-18-10-16;/h2-4,9,12,15-16,18H,5-8,10-11H2,1H3;1H. The number of hydrogen-bond donors (Lipinski definition) is 1. The van der Waals surface area contributed by atoms with Gasteiger partial charge in [0.2, 0.25) is 0 Å². The minimum atomic E-state index is 0. The zero-order valence-electron chi connectivity index (χ0n) is 12.0. The lowest BCUT2D eigenvalue weighted by molar-refractivity contribution is 0.188. The number of benzene rings is 1. The van der Waals surface area contributed by atoms with Crippen LogP contribution in [0.4, 0.5) is 0 Å². The second kappa shape index (κ2) is 7.13. The van der Waals surface area contributed by atoms with E-state index in [2.05, 4.69) is 35.3 Å². The Bertz CT molecular complexity index is 428. The Labute approximate surface area is 133 Å². The first-order valence-corrected chi connectivity index (χ1v) is 7.84. The maximum Gasteiger partial charge on any atom is 0.0408 e. The van der Waals surface area contributed by atoms with Gasteiger partial charge in [0.05, 0.1) is 0 Å². The monoisotopic (exact) mass is 314 g/mol. The molecule has 2 nitrogen and oxygen atoms in total. The summed E-state index contributed by atoms with van der Waals surface area (Å²) >= 11 is 6.10. The Morgan fingerprint density at radius 2 is 2.10 bits per heavy atom. The average molecular weight is 315 g/mol. The van der Waals surface area contributed by atoms with Crippen LogP contribution in [0.1, 0.15) is 37.7 Å². The maximum absolute atomic E-state index is 6.10. The molecule has 0 aromatic heterocycles. The first-order valence-electron chi connectivity index (χ1n) is 7.46. The van der Waals surface area contributed by atoms with E-state index in [9.17, 15) is 0 Å². The second-order valence-electron chi connectivity index (χ2n) is 6.03. The average Bonchev–Trinajstić information content (AvgIpc) is 3.10. The first-order chi connectivity index (χ1) is 9.24. The molecule has 2 atom stereocenters. The lowest BCUT2D eigenvalue weighted by atomic mass is 9.99. The van der Waals surface area contributed by atoms with Crippen molar-refractivity contribution in [1.29, 1.82) is 0 Å². The minimum Gasteiger partial charge on any atom is -0.315 e. The summed E-state index contributed by atoms with van der Waals surface area (Å²) in [5, 5.41) is 4.35. The van der Waals surface area contributed by atoms with Gasteiger partial charge in [0.1, 0.15) is 0 Å². The van der Waals surface area contributed by atoms with Gasteiger partial charge in [-0.3, -0.25) is 4.90 Å². The molecule has 2 fully saturated rings. The van der Waals surface area contributed by atoms with Gasteiger partial charge in [-0.15, -0.1) is 12.4 Å². The van der Waals surface area contributed by atoms with Crippen LogP contribution in [0, 0.1) is 0 Å². The number of hydrogen-bond acceptors (Lipinski definition) is 2. The molecule has 1 saturated heterocycles. The van der Waals surface area contributed by atoms with Crippen LogP contribution in [0.15, 0.2) is 24.3 Å². The Morgan fingerprint density at radius 3 is 2.70 bits per heavy atom. The number of nitrogens with zero attached hydrogens (tertiary/aromatic N) is 1. The summed E-state index contributed by atoms with van der Waals surface area (Å²) < 4.78 is 0. The molecule has 2 unspecified atom stereocenters. The van der Waals surface area contributed by atoms with Gasteiger partial charge in [-0.05, 0) is 49.4 Å². The van der Waals surface area contributed by atoms with Crippen molar-refractivity contribution in [3.05, 3.63) is 34.9 Å². The molecular weight excluding hydrogens is 291 g/mol. The molecule has 1 aliphatic carbocycles. The number of nitrogens with one attached hydrogen (secondary N) is 1. The van der Waals surface area contributed by atoms with Crippen LogP contribution in [0.5, 0.6) is 0 Å². The van der Waals surface area contributed by atoms with Crippen LogP contribution in [-0.2, 0) is 0 Å². The van der Waals surface area contributed by atoms with Gasteiger partial charge in [-0.25, -0.2) is 0 Å². The van der Waals surface area contributed by atoms with Crippen LogP contribution >= 0.6 is 24.0 Å². The fraction of sp³-hybridized carbons (Fsp3) is 0.625. The fourth-order valence-electron chi connectivity index (χ4n) is 3.16. The number of rotatable bonds is 5. The molecule has 3 rings (SSSR count). The molecule has 1 aliphatic heterocycles. The highest BCUT2D eigenvalue weighted by molar-refractivity contribution is 6.30. The Balaban J connectivity index is 0.00000147. The fourth-order valence-corrected chi connectivity index (χ4v) is 3.36. The van der Waals surface area contributed by atoms with E-state index in [1.807, 2.05) is 6.07 Å². The summed E-state index contributed by atoms with van der Waals surface area (Å²) in [6.45, 7) is 5.83. The largest absolute Gasteiger partial charge is 0.315 e. The van der Waals surface area contributed by atoms with Crippen molar-refractivity contribution in [2.24, 2.45) is 0 Å². The Hall–Kier alpha value is -0.280. The molecule has 1 aromatic rings. The highest BCUT2D eigenvalue weighted by Gasteiger charge is 2.35. The van der Waals surface area contributed by atoms with Crippen molar-refractivity contribution in [2.45, 2.75) is 44.2 Å². The minimum absolute atomic E-state index is 0. The third-order valence-corrected chi connectivity index (χ3v) is 4.66. The summed E-state index contributed by atoms with van der Waals surface area (Å²) in [6.07, 6.45) is 4.08. The van der Waals surface area contributed by atoms with E-state index in [-0.39, 0.29) is 12.4 Å². The van der Waals surface area contributed by atoms with Crippen molar-refractivity contribution in [1.82, 2.24) is 10.2 Å². The molecule has 4 heteroatoms. The quantitative estimate of drug-likeness (QED) is 0.891. The van der Waals surface area contributed by atoms with Crippen LogP contribution in [0.2, 0.25) is 5.02 Å². The predicted molar refractivity (Wildman–Crippen MR) is 88.1 cm³/mol. The summed E-state index contributed by atoms with van der Waals surface area (Å²) in [5.74, 6) is 0.555. The highest BCUT2D eigenvalue weighted by Crippen LogP contribution is 2.32. The van der Waals surface area contributed by atoms with Crippen molar-refractivity contribution in [3.8, 4) is 0 Å². The van der Waals surface area contributed by atoms with E-state index in [1.165, 1.54) is 37.9 Å². The first kappa shape index (κ1) is 16.1. The third-order valence-electron chi connectivity index (χ3n) is 4.42. The SMILES string of the molecule is CC(CN(C1CC1)C1CCNC1)c1cccc(Cl)c1.Cl. The molecular formula is C16H24Cl2N2. The van der Waals surface area contributed by atoms with Crippen LogP contribution in [-0.4, -0.2) is 36.6 Å². The lowest BCUT2D eigenvalue weighted by Gasteiger charge is -2.31. The summed E-state index contributed by atoms with van der Waals surface area (Å²) in [6, 6.07) is 9.92. The van der Waals surface area contributed by atoms with Crippen molar-refractivity contribution in [3.63, 3.8) is 0 Å². The van der Waals surface area contributed by atoms with Gasteiger partial charge in [0.25, 0.3) is 0 Å². The molecule has 1 heterocycles. The van der Waals surface area contributed by atoms with E-state index in [0.717, 1.165) is 23.7 Å². The summed E-state index contributed by atoms with van der Waals surface area (Å²) in [4.78, 5) is 2.74. The van der Waals surface area contributed by atoms with Crippen molar-refractivity contribution < 1.29 is 0 Å². The van der Waals surface area contributed by atoms with Gasteiger partial charge in [-0.2, -0.15) is 0 Å². The smallest absolute Gasteiger partial charge is 0.0408 e. The van der Waals surface area contributed by atoms with Gasteiger partial charge in [0, 0.05) is 30.2 Å². The third kappa shape index (κ3) is 3.88. The van der Waals surface area contributed by atoms with E-state index in [4.69, 9.17) is 11.6 Å². The van der Waals surface area contributed by atoms with E-state index < -0.39 is 0 Å². The van der Waals surface area contributed by atoms with E-state index in [0.29, 0.717) is 5.92 Å². The Kier molecular flexibility index (Phi) is 5.74. The molecule has 1 N–H and O–H groups in total. The molecule has 0 radical (unpaired) electrons. The van der Waals surface area contributed by atoms with Gasteiger partial charge in [0.15, 0.2) is 0 Å². The topological polar surface area (TPSA) is 15.3 Å². The number of halogens is 2. The predicted octanol–water partition coefficient (Wildman–Crippen LogP) is 3.69. The van der Waals surface area contributed by atoms with E-state index >= 15 is 0 Å². The molecule has 0 bridgehead atoms. The molecule has 0 spiro atoms. The van der Waals surface area contributed by atoms with Crippen LogP contribution < -0.4 is 5.32 Å². The van der Waals surface area contributed by atoms with Crippen LogP contribution in [0.25, 0.3) is 0 Å². The van der Waals surface area contributed by atoms with Gasteiger partial charge < -0.3 is 5.32 Å². The second-order valence-corrected chi connectivity index (χ2v) is 6.47. The highest BCUT2D eigenvalue weighted by atomic mass is 35.5. The normalized spacial score (nSPS) is 23.6. The van der Waals surface area contributed by atoms with Crippen molar-refractivity contribution >= 4 is 24.0 Å². The summed E-state index contributed by atoms with van der Waals surface area (Å²) in [5.41, 5.74) is 1.36.